The highest BCUT2D eigenvalue weighted by molar-refractivity contribution is 7.96. The van der Waals surface area contributed by atoms with Gasteiger partial charge in [-0.05, 0) is 44.0 Å². The summed E-state index contributed by atoms with van der Waals surface area (Å²) in [5, 5.41) is 3.49. The van der Waals surface area contributed by atoms with Gasteiger partial charge in [-0.15, -0.1) is 0 Å². The van der Waals surface area contributed by atoms with Crippen molar-refractivity contribution < 1.29 is 0 Å². The van der Waals surface area contributed by atoms with Crippen LogP contribution in [0.3, 0.4) is 0 Å². The van der Waals surface area contributed by atoms with Crippen molar-refractivity contribution in [3.63, 3.8) is 0 Å². The van der Waals surface area contributed by atoms with Gasteiger partial charge in [0.05, 0.1) is 0 Å². The molecule has 1 aliphatic heterocycles. The lowest BCUT2D eigenvalue weighted by atomic mass is 9.95. The van der Waals surface area contributed by atoms with E-state index in [1.54, 1.807) is 11.9 Å². The standard InChI is InChI=1S/C8H16N2S/c1-11-10-8-6-2-3-7(8)5-9-4-6/h6-10H,2-5H2,1H3. The van der Waals surface area contributed by atoms with Crippen LogP contribution in [0.15, 0.2) is 0 Å². The average Bonchev–Trinajstić information content (AvgIpc) is 2.30. The summed E-state index contributed by atoms with van der Waals surface area (Å²) in [7, 11) is 0. The molecule has 2 N–H and O–H groups in total. The first-order valence-corrected chi connectivity index (χ1v) is 5.63. The summed E-state index contributed by atoms with van der Waals surface area (Å²) in [6.07, 6.45) is 4.98. The molecule has 2 atom stereocenters. The molecule has 2 nitrogen and oxygen atoms in total. The molecule has 2 rings (SSSR count). The molecule has 0 radical (unpaired) electrons. The van der Waals surface area contributed by atoms with Crippen LogP contribution >= 0.6 is 11.9 Å². The van der Waals surface area contributed by atoms with Crippen molar-refractivity contribution in [2.75, 3.05) is 19.3 Å². The molecular weight excluding hydrogens is 156 g/mol. The summed E-state index contributed by atoms with van der Waals surface area (Å²) < 4.78 is 3.52. The fourth-order valence-electron chi connectivity index (χ4n) is 2.41. The van der Waals surface area contributed by atoms with Gasteiger partial charge in [0.15, 0.2) is 0 Å². The van der Waals surface area contributed by atoms with E-state index in [4.69, 9.17) is 0 Å². The molecule has 1 saturated carbocycles. The average molecular weight is 172 g/mol. The Morgan fingerprint density at radius 1 is 1.27 bits per heavy atom. The number of hydrogen-bond acceptors (Lipinski definition) is 3. The molecule has 1 saturated heterocycles. The Balaban J connectivity index is 1.97. The SMILES string of the molecule is CSNC1C2CCC1CNC2. The molecule has 1 heterocycles. The lowest BCUT2D eigenvalue weighted by Crippen LogP contribution is -2.47. The Morgan fingerprint density at radius 2 is 1.91 bits per heavy atom. The van der Waals surface area contributed by atoms with Gasteiger partial charge in [-0.3, -0.25) is 4.72 Å². The van der Waals surface area contributed by atoms with E-state index in [-0.39, 0.29) is 0 Å². The first-order valence-electron chi connectivity index (χ1n) is 4.41. The highest BCUT2D eigenvalue weighted by atomic mass is 32.2. The van der Waals surface area contributed by atoms with Crippen LogP contribution in [0, 0.1) is 11.8 Å². The maximum Gasteiger partial charge on any atom is 0.0252 e. The van der Waals surface area contributed by atoms with Gasteiger partial charge < -0.3 is 5.32 Å². The van der Waals surface area contributed by atoms with Crippen LogP contribution in [0.2, 0.25) is 0 Å². The molecular formula is C8H16N2S. The van der Waals surface area contributed by atoms with Crippen LogP contribution in [0.1, 0.15) is 12.8 Å². The maximum atomic E-state index is 3.52. The predicted molar refractivity (Wildman–Crippen MR) is 49.5 cm³/mol. The molecule has 0 aromatic carbocycles. The van der Waals surface area contributed by atoms with Crippen molar-refractivity contribution in [1.82, 2.24) is 10.0 Å². The van der Waals surface area contributed by atoms with Gasteiger partial charge in [0.25, 0.3) is 0 Å². The van der Waals surface area contributed by atoms with E-state index in [1.807, 2.05) is 0 Å². The molecule has 0 amide bonds. The number of nitrogens with one attached hydrogen (secondary N) is 2. The summed E-state index contributed by atoms with van der Waals surface area (Å²) in [5.41, 5.74) is 0. The largest absolute Gasteiger partial charge is 0.316 e. The highest BCUT2D eigenvalue weighted by Gasteiger charge is 2.38. The summed E-state index contributed by atoms with van der Waals surface area (Å²) in [6.45, 7) is 2.46. The van der Waals surface area contributed by atoms with Crippen LogP contribution in [0.4, 0.5) is 0 Å². The lowest BCUT2D eigenvalue weighted by molar-refractivity contribution is 0.308. The molecule has 2 aliphatic rings. The van der Waals surface area contributed by atoms with Crippen LogP contribution < -0.4 is 10.0 Å². The van der Waals surface area contributed by atoms with Crippen LogP contribution in [0.5, 0.6) is 0 Å². The Kier molecular flexibility index (Phi) is 2.39. The first kappa shape index (κ1) is 7.90. The molecule has 1 aliphatic carbocycles. The van der Waals surface area contributed by atoms with E-state index in [0.717, 1.165) is 17.9 Å². The molecule has 64 valence electrons. The van der Waals surface area contributed by atoms with E-state index in [0.29, 0.717) is 0 Å². The normalized spacial score (nSPS) is 42.8. The van der Waals surface area contributed by atoms with Crippen molar-refractivity contribution in [2.45, 2.75) is 18.9 Å². The van der Waals surface area contributed by atoms with E-state index in [2.05, 4.69) is 16.3 Å². The van der Waals surface area contributed by atoms with Gasteiger partial charge in [-0.25, -0.2) is 0 Å². The molecule has 0 spiro atoms. The number of piperidine rings is 1. The van der Waals surface area contributed by atoms with Crippen LogP contribution in [0.25, 0.3) is 0 Å². The summed E-state index contributed by atoms with van der Waals surface area (Å²) in [5.74, 6) is 1.81. The van der Waals surface area contributed by atoms with E-state index >= 15 is 0 Å². The lowest BCUT2D eigenvalue weighted by Gasteiger charge is -2.30. The monoisotopic (exact) mass is 172 g/mol. The third kappa shape index (κ3) is 1.42. The predicted octanol–water partition coefficient (Wildman–Crippen LogP) is 0.852. The van der Waals surface area contributed by atoms with Crippen molar-refractivity contribution >= 4 is 11.9 Å². The highest BCUT2D eigenvalue weighted by Crippen LogP contribution is 2.34. The number of rotatable bonds is 2. The minimum absolute atomic E-state index is 0.797. The van der Waals surface area contributed by atoms with Gasteiger partial charge in [-0.1, -0.05) is 11.9 Å². The maximum absolute atomic E-state index is 3.52. The molecule has 3 heteroatoms. The van der Waals surface area contributed by atoms with E-state index in [9.17, 15) is 0 Å². The molecule has 2 bridgehead atoms. The first-order chi connectivity index (χ1) is 5.42. The Labute approximate surface area is 72.6 Å². The minimum atomic E-state index is 0.797. The van der Waals surface area contributed by atoms with Gasteiger partial charge in [0.2, 0.25) is 0 Å². The second-order valence-electron chi connectivity index (χ2n) is 3.60. The summed E-state index contributed by atoms with van der Waals surface area (Å²) in [6, 6.07) is 0.797. The minimum Gasteiger partial charge on any atom is -0.316 e. The van der Waals surface area contributed by atoms with Gasteiger partial charge in [0.1, 0.15) is 0 Å². The number of fused-ring (bicyclic) bond motifs is 2. The fraction of sp³-hybridized carbons (Fsp3) is 1.00. The molecule has 0 aromatic rings. The Morgan fingerprint density at radius 3 is 2.45 bits per heavy atom. The van der Waals surface area contributed by atoms with Gasteiger partial charge >= 0.3 is 0 Å². The molecule has 0 aromatic heterocycles. The molecule has 2 unspecified atom stereocenters. The summed E-state index contributed by atoms with van der Waals surface area (Å²) >= 11 is 1.78. The molecule has 11 heavy (non-hydrogen) atoms. The van der Waals surface area contributed by atoms with Crippen LogP contribution in [-0.4, -0.2) is 25.4 Å². The van der Waals surface area contributed by atoms with Crippen molar-refractivity contribution in [3.8, 4) is 0 Å². The van der Waals surface area contributed by atoms with Crippen molar-refractivity contribution in [1.29, 1.82) is 0 Å². The van der Waals surface area contributed by atoms with Gasteiger partial charge in [-0.2, -0.15) is 0 Å². The Hall–Kier alpha value is 0.270. The third-order valence-electron chi connectivity index (χ3n) is 2.99. The molecule has 2 fully saturated rings. The zero-order valence-corrected chi connectivity index (χ0v) is 7.79. The second-order valence-corrected chi connectivity index (χ2v) is 4.25. The van der Waals surface area contributed by atoms with Crippen molar-refractivity contribution in [2.24, 2.45) is 11.8 Å². The van der Waals surface area contributed by atoms with E-state index < -0.39 is 0 Å². The third-order valence-corrected chi connectivity index (χ3v) is 3.50. The van der Waals surface area contributed by atoms with E-state index in [1.165, 1.54) is 25.9 Å². The topological polar surface area (TPSA) is 24.1 Å². The van der Waals surface area contributed by atoms with Crippen LogP contribution in [-0.2, 0) is 0 Å². The Bertz CT molecular complexity index is 124. The zero-order chi connectivity index (χ0) is 7.68. The smallest absolute Gasteiger partial charge is 0.0252 e. The van der Waals surface area contributed by atoms with Gasteiger partial charge in [0, 0.05) is 6.04 Å². The summed E-state index contributed by atoms with van der Waals surface area (Å²) in [4.78, 5) is 0. The fourth-order valence-corrected chi connectivity index (χ4v) is 3.07. The van der Waals surface area contributed by atoms with Crippen molar-refractivity contribution in [3.05, 3.63) is 0 Å². The number of hydrogen-bond donors (Lipinski definition) is 2. The zero-order valence-electron chi connectivity index (χ0n) is 6.97. The quantitative estimate of drug-likeness (QED) is 0.604. The second kappa shape index (κ2) is 3.33.